The van der Waals surface area contributed by atoms with E-state index >= 15 is 0 Å². The summed E-state index contributed by atoms with van der Waals surface area (Å²) in [6.45, 7) is 4.20. The molecule has 0 aliphatic carbocycles. The van der Waals surface area contributed by atoms with E-state index in [0.29, 0.717) is 17.4 Å². The fraction of sp³-hybridized carbons (Fsp3) is 0.867. The maximum Gasteiger partial charge on any atom is 0.306 e. The zero-order valence-electron chi connectivity index (χ0n) is 57.1. The number of rotatable bonds is 69. The third-order valence-corrected chi connectivity index (χ3v) is 17.6. The van der Waals surface area contributed by atoms with Crippen LogP contribution in [0, 0.1) is 0 Å². The Morgan fingerprint density at radius 2 is 0.671 bits per heavy atom. The summed E-state index contributed by atoms with van der Waals surface area (Å²) < 4.78 is 34.4. The molecule has 0 N–H and O–H groups in total. The number of carbonyl (C=O) groups is 2. The van der Waals surface area contributed by atoms with Crippen LogP contribution in [0.25, 0.3) is 0 Å². The molecule has 2 atom stereocenters. The molecule has 0 heterocycles. The monoisotopic (exact) mass is 1220 g/mol. The van der Waals surface area contributed by atoms with Gasteiger partial charge in [-0.1, -0.05) is 351 Å². The summed E-state index contributed by atoms with van der Waals surface area (Å²) in [5.41, 5.74) is 0. The molecule has 0 saturated carbocycles. The molecule has 0 aromatic carbocycles. The molecule has 0 saturated heterocycles. The lowest BCUT2D eigenvalue weighted by atomic mass is 10.0. The summed E-state index contributed by atoms with van der Waals surface area (Å²) in [5.74, 6) is -0.811. The maximum absolute atomic E-state index is 12.9. The van der Waals surface area contributed by atoms with Gasteiger partial charge >= 0.3 is 11.9 Å². The van der Waals surface area contributed by atoms with Crippen LogP contribution in [0.4, 0.5) is 0 Å². The Balaban J connectivity index is 3.96. The van der Waals surface area contributed by atoms with E-state index in [9.17, 15) is 19.0 Å². The van der Waals surface area contributed by atoms with Gasteiger partial charge in [-0.25, -0.2) is 0 Å². The number of esters is 2. The lowest BCUT2D eigenvalue weighted by Gasteiger charge is -2.28. The molecule has 500 valence electrons. The second-order valence-corrected chi connectivity index (χ2v) is 27.7. The summed E-state index contributed by atoms with van der Waals surface area (Å²) in [6, 6.07) is 0. The van der Waals surface area contributed by atoms with Crippen LogP contribution in [0.5, 0.6) is 0 Å². The fourth-order valence-corrected chi connectivity index (χ4v) is 11.7. The zero-order valence-corrected chi connectivity index (χ0v) is 58.0. The van der Waals surface area contributed by atoms with Gasteiger partial charge in [0, 0.05) is 12.8 Å². The molecule has 0 aliphatic rings. The van der Waals surface area contributed by atoms with E-state index in [-0.39, 0.29) is 32.0 Å². The number of ether oxygens (including phenoxy) is 2. The van der Waals surface area contributed by atoms with Crippen molar-refractivity contribution in [3.05, 3.63) is 48.6 Å². The van der Waals surface area contributed by atoms with Crippen molar-refractivity contribution in [2.45, 2.75) is 373 Å². The molecule has 0 aromatic heterocycles. The van der Waals surface area contributed by atoms with Gasteiger partial charge in [0.1, 0.15) is 19.8 Å². The minimum Gasteiger partial charge on any atom is -0.756 e. The molecule has 9 nitrogen and oxygen atoms in total. The van der Waals surface area contributed by atoms with Gasteiger partial charge < -0.3 is 27.9 Å². The Morgan fingerprint density at radius 1 is 0.376 bits per heavy atom. The summed E-state index contributed by atoms with van der Waals surface area (Å²) in [7, 11) is 1.19. The van der Waals surface area contributed by atoms with Gasteiger partial charge in [0.25, 0.3) is 7.82 Å². The average Bonchev–Trinajstić information content (AvgIpc) is 3.50. The van der Waals surface area contributed by atoms with E-state index in [1.807, 2.05) is 21.1 Å². The molecule has 2 unspecified atom stereocenters. The second-order valence-electron chi connectivity index (χ2n) is 26.3. The topological polar surface area (TPSA) is 111 Å². The fourth-order valence-electron chi connectivity index (χ4n) is 11.0. The molecule has 0 bridgehead atoms. The number of carbonyl (C=O) groups excluding carboxylic acids is 2. The van der Waals surface area contributed by atoms with Crippen LogP contribution < -0.4 is 4.89 Å². The van der Waals surface area contributed by atoms with E-state index in [1.54, 1.807) is 0 Å². The van der Waals surface area contributed by atoms with Gasteiger partial charge in [-0.05, 0) is 51.4 Å². The van der Waals surface area contributed by atoms with Crippen molar-refractivity contribution in [2.75, 3.05) is 47.5 Å². The molecule has 0 rings (SSSR count). The van der Waals surface area contributed by atoms with Gasteiger partial charge in [-0.15, -0.1) is 0 Å². The number of likely N-dealkylation sites (N-methyl/N-ethyl adjacent to an activating group) is 1. The van der Waals surface area contributed by atoms with E-state index in [4.69, 9.17) is 18.5 Å². The number of hydrogen-bond acceptors (Lipinski definition) is 8. The standard InChI is InChI=1S/C75H142NO8P/c1-6-8-10-12-14-16-18-20-22-24-26-28-30-32-34-36-38-40-42-44-46-48-50-52-54-56-58-60-62-64-66-68-75(78)84-73(72-83-85(79,80)82-70-69-76(3,4)5)71-81-74(77)67-65-63-61-59-57-55-53-51-49-47-45-43-41-39-37-35-33-31-29-27-25-23-21-19-17-15-13-11-9-7-2/h8,10,14,16,20,22,26,28,73H,6-7,9,11-13,15,17-19,21,23-25,27,29-72H2,1-5H3/b10-8-,16-14-,22-20-,28-26-. The van der Waals surface area contributed by atoms with E-state index in [0.717, 1.165) is 57.8 Å². The van der Waals surface area contributed by atoms with Crippen molar-refractivity contribution in [3.8, 4) is 0 Å². The van der Waals surface area contributed by atoms with E-state index in [1.165, 1.54) is 276 Å². The highest BCUT2D eigenvalue weighted by Gasteiger charge is 2.22. The van der Waals surface area contributed by atoms with Gasteiger partial charge in [-0.2, -0.15) is 0 Å². The normalized spacial score (nSPS) is 13.3. The Morgan fingerprint density at radius 3 is 1.00 bits per heavy atom. The number of nitrogens with zero attached hydrogens (tertiary/aromatic N) is 1. The van der Waals surface area contributed by atoms with Crippen molar-refractivity contribution in [1.29, 1.82) is 0 Å². The molecule has 0 fully saturated rings. The molecule has 0 spiro atoms. The van der Waals surface area contributed by atoms with Crippen molar-refractivity contribution < 1.29 is 42.1 Å². The lowest BCUT2D eigenvalue weighted by Crippen LogP contribution is -2.37. The van der Waals surface area contributed by atoms with Crippen LogP contribution in [-0.2, 0) is 32.7 Å². The first-order chi connectivity index (χ1) is 41.5. The molecule has 0 radical (unpaired) electrons. The Hall–Kier alpha value is -2.03. The molecule has 0 amide bonds. The number of quaternary nitrogens is 1. The molecular weight excluding hydrogens is 1070 g/mol. The highest BCUT2D eigenvalue weighted by atomic mass is 31.2. The van der Waals surface area contributed by atoms with E-state index < -0.39 is 26.5 Å². The number of phosphoric ester groups is 1. The van der Waals surface area contributed by atoms with Crippen LogP contribution in [-0.4, -0.2) is 70.0 Å². The Bertz CT molecular complexity index is 1570. The smallest absolute Gasteiger partial charge is 0.306 e. The summed E-state index contributed by atoms with van der Waals surface area (Å²) in [6.07, 6.45) is 86.4. The first-order valence-electron chi connectivity index (χ1n) is 36.8. The minimum atomic E-state index is -4.64. The summed E-state index contributed by atoms with van der Waals surface area (Å²) >= 11 is 0. The first-order valence-corrected chi connectivity index (χ1v) is 38.3. The second kappa shape index (κ2) is 66.4. The zero-order chi connectivity index (χ0) is 61.9. The highest BCUT2D eigenvalue weighted by Crippen LogP contribution is 2.38. The molecule has 10 heteroatoms. The first kappa shape index (κ1) is 83.0. The van der Waals surface area contributed by atoms with Crippen molar-refractivity contribution in [3.63, 3.8) is 0 Å². The van der Waals surface area contributed by atoms with Crippen LogP contribution in [0.15, 0.2) is 48.6 Å². The maximum atomic E-state index is 12.9. The largest absolute Gasteiger partial charge is 0.756 e. The molecule has 85 heavy (non-hydrogen) atoms. The quantitative estimate of drug-likeness (QED) is 0.0195. The van der Waals surface area contributed by atoms with Gasteiger partial charge in [-0.3, -0.25) is 14.2 Å². The van der Waals surface area contributed by atoms with Crippen LogP contribution in [0.1, 0.15) is 367 Å². The van der Waals surface area contributed by atoms with Gasteiger partial charge in [0.2, 0.25) is 0 Å². The molecule has 0 aromatic rings. The van der Waals surface area contributed by atoms with Crippen LogP contribution in [0.3, 0.4) is 0 Å². The highest BCUT2D eigenvalue weighted by molar-refractivity contribution is 7.45. The molecule has 0 aliphatic heterocycles. The summed E-state index contributed by atoms with van der Waals surface area (Å²) in [4.78, 5) is 38.1. The van der Waals surface area contributed by atoms with Gasteiger partial charge in [0.15, 0.2) is 6.10 Å². The lowest BCUT2D eigenvalue weighted by molar-refractivity contribution is -0.870. The van der Waals surface area contributed by atoms with Crippen molar-refractivity contribution in [2.24, 2.45) is 0 Å². The third kappa shape index (κ3) is 70.9. The Kier molecular flexibility index (Phi) is 64.8. The van der Waals surface area contributed by atoms with E-state index in [2.05, 4.69) is 62.5 Å². The number of hydrogen-bond donors (Lipinski definition) is 0. The van der Waals surface area contributed by atoms with Crippen molar-refractivity contribution in [1.82, 2.24) is 0 Å². The van der Waals surface area contributed by atoms with Crippen LogP contribution >= 0.6 is 7.82 Å². The third-order valence-electron chi connectivity index (χ3n) is 16.6. The minimum absolute atomic E-state index is 0.0283. The number of unbranched alkanes of at least 4 members (excludes halogenated alkanes) is 47. The number of allylic oxidation sites excluding steroid dienone is 8. The molecular formula is C75H142NO8P. The predicted molar refractivity (Wildman–Crippen MR) is 365 cm³/mol. The predicted octanol–water partition coefficient (Wildman–Crippen LogP) is 23.4. The average molecular weight is 1220 g/mol. The van der Waals surface area contributed by atoms with Crippen molar-refractivity contribution >= 4 is 19.8 Å². The number of phosphoric acid groups is 1. The van der Waals surface area contributed by atoms with Crippen LogP contribution in [0.2, 0.25) is 0 Å². The van der Waals surface area contributed by atoms with Gasteiger partial charge in [0.05, 0.1) is 27.7 Å². The Labute approximate surface area is 528 Å². The SMILES string of the molecule is CC/C=C\C/C=C\C/C=C\C/C=C\CCCCCCCCCCCCCCCCCCCCC(=O)OC(COC(=O)CCCCCCCCCCCCCCCCCCCCCCCCCCCCCCCC)COP(=O)([O-])OCC[N+](C)(C)C. The summed E-state index contributed by atoms with van der Waals surface area (Å²) in [5, 5.41) is 0.